The smallest absolute Gasteiger partial charge is 0.0534 e. The van der Waals surface area contributed by atoms with E-state index in [9.17, 15) is 0 Å². The van der Waals surface area contributed by atoms with E-state index in [-0.39, 0.29) is 0 Å². The molecule has 0 bridgehead atoms. The summed E-state index contributed by atoms with van der Waals surface area (Å²) in [4.78, 5) is 2.57. The lowest BCUT2D eigenvalue weighted by molar-refractivity contribution is 0.117. The van der Waals surface area contributed by atoms with E-state index in [0.717, 1.165) is 26.2 Å². The molecule has 1 fully saturated rings. The number of hydrogen-bond donors (Lipinski definition) is 1. The Morgan fingerprint density at radius 1 is 1.56 bits per heavy atom. The molecule has 0 spiro atoms. The van der Waals surface area contributed by atoms with Gasteiger partial charge in [-0.05, 0) is 5.92 Å². The molecule has 4 nitrogen and oxygen atoms in total. The molecule has 1 aromatic rings. The molecule has 16 heavy (non-hydrogen) atoms. The van der Waals surface area contributed by atoms with E-state index in [4.69, 9.17) is 0 Å². The first-order chi connectivity index (χ1) is 7.66. The fraction of sp³-hybridized carbons (Fsp3) is 0.750. The third-order valence-electron chi connectivity index (χ3n) is 3.31. The topological polar surface area (TPSA) is 33.1 Å². The molecule has 1 aliphatic heterocycles. The fourth-order valence-electron chi connectivity index (χ4n) is 2.41. The monoisotopic (exact) mass is 222 g/mol. The minimum absolute atomic E-state index is 0.647. The van der Waals surface area contributed by atoms with Gasteiger partial charge in [-0.15, -0.1) is 0 Å². The van der Waals surface area contributed by atoms with Crippen molar-refractivity contribution in [3.63, 3.8) is 0 Å². The van der Waals surface area contributed by atoms with Crippen molar-refractivity contribution in [1.82, 2.24) is 20.0 Å². The molecule has 0 saturated carbocycles. The number of piperazine rings is 1. The molecule has 1 aromatic heterocycles. The van der Waals surface area contributed by atoms with Gasteiger partial charge < -0.3 is 5.32 Å². The predicted molar refractivity (Wildman–Crippen MR) is 65.1 cm³/mol. The van der Waals surface area contributed by atoms with E-state index >= 15 is 0 Å². The lowest BCUT2D eigenvalue weighted by atomic mass is 10.0. The van der Waals surface area contributed by atoms with Crippen LogP contribution in [0.25, 0.3) is 0 Å². The molecule has 1 aliphatic rings. The van der Waals surface area contributed by atoms with Crippen LogP contribution in [0, 0.1) is 5.92 Å². The van der Waals surface area contributed by atoms with Crippen molar-refractivity contribution in [3.05, 3.63) is 18.0 Å². The SMILES string of the molecule is CC(C)C1CNCCN1Cc1cnn(C)c1. The maximum atomic E-state index is 4.23. The number of aromatic nitrogens is 2. The number of rotatable bonds is 3. The van der Waals surface area contributed by atoms with Crippen LogP contribution < -0.4 is 5.32 Å². The van der Waals surface area contributed by atoms with Crippen LogP contribution in [0.3, 0.4) is 0 Å². The number of hydrogen-bond acceptors (Lipinski definition) is 3. The van der Waals surface area contributed by atoms with Crippen LogP contribution >= 0.6 is 0 Å². The maximum absolute atomic E-state index is 4.23. The van der Waals surface area contributed by atoms with Crippen molar-refractivity contribution >= 4 is 0 Å². The normalized spacial score (nSPS) is 22.9. The zero-order valence-corrected chi connectivity index (χ0v) is 10.5. The average Bonchev–Trinajstić information content (AvgIpc) is 2.64. The van der Waals surface area contributed by atoms with Crippen molar-refractivity contribution in [2.45, 2.75) is 26.4 Å². The van der Waals surface area contributed by atoms with Crippen molar-refractivity contribution < 1.29 is 0 Å². The molecule has 2 heterocycles. The van der Waals surface area contributed by atoms with E-state index in [0.29, 0.717) is 12.0 Å². The Morgan fingerprint density at radius 2 is 2.38 bits per heavy atom. The van der Waals surface area contributed by atoms with Gasteiger partial charge in [-0.1, -0.05) is 13.8 Å². The van der Waals surface area contributed by atoms with Crippen molar-refractivity contribution in [3.8, 4) is 0 Å². The highest BCUT2D eigenvalue weighted by Gasteiger charge is 2.24. The van der Waals surface area contributed by atoms with E-state index < -0.39 is 0 Å². The zero-order valence-electron chi connectivity index (χ0n) is 10.5. The molecule has 0 radical (unpaired) electrons. The minimum atomic E-state index is 0.647. The molecule has 4 heteroatoms. The Hall–Kier alpha value is -0.870. The van der Waals surface area contributed by atoms with Gasteiger partial charge in [0.05, 0.1) is 6.20 Å². The minimum Gasteiger partial charge on any atom is -0.314 e. The number of aryl methyl sites for hydroxylation is 1. The Morgan fingerprint density at radius 3 is 3.00 bits per heavy atom. The summed E-state index contributed by atoms with van der Waals surface area (Å²) in [5.41, 5.74) is 1.31. The summed E-state index contributed by atoms with van der Waals surface area (Å²) < 4.78 is 1.88. The fourth-order valence-corrected chi connectivity index (χ4v) is 2.41. The van der Waals surface area contributed by atoms with Crippen molar-refractivity contribution in [2.24, 2.45) is 13.0 Å². The van der Waals surface area contributed by atoms with Crippen LogP contribution in [0.5, 0.6) is 0 Å². The lowest BCUT2D eigenvalue weighted by Gasteiger charge is -2.38. The number of nitrogens with one attached hydrogen (secondary N) is 1. The molecule has 1 N–H and O–H groups in total. The van der Waals surface area contributed by atoms with Crippen LogP contribution in [-0.2, 0) is 13.6 Å². The van der Waals surface area contributed by atoms with Gasteiger partial charge >= 0.3 is 0 Å². The average molecular weight is 222 g/mol. The van der Waals surface area contributed by atoms with Gasteiger partial charge in [-0.25, -0.2) is 0 Å². The summed E-state index contributed by atoms with van der Waals surface area (Å²) in [6.07, 6.45) is 4.08. The molecule has 0 aliphatic carbocycles. The van der Waals surface area contributed by atoms with Gasteiger partial charge in [-0.3, -0.25) is 9.58 Å². The Kier molecular flexibility index (Phi) is 3.61. The highest BCUT2D eigenvalue weighted by molar-refractivity contribution is 5.04. The van der Waals surface area contributed by atoms with Gasteiger partial charge in [0.1, 0.15) is 0 Å². The van der Waals surface area contributed by atoms with Crippen LogP contribution in [-0.4, -0.2) is 40.4 Å². The second-order valence-electron chi connectivity index (χ2n) is 5.01. The second-order valence-corrected chi connectivity index (χ2v) is 5.01. The first kappa shape index (κ1) is 11.6. The predicted octanol–water partition coefficient (Wildman–Crippen LogP) is 0.850. The summed E-state index contributed by atoms with van der Waals surface area (Å²) in [6.45, 7) is 8.97. The number of nitrogens with zero attached hydrogens (tertiary/aromatic N) is 3. The molecule has 1 atom stereocenters. The third-order valence-corrected chi connectivity index (χ3v) is 3.31. The zero-order chi connectivity index (χ0) is 11.5. The van der Waals surface area contributed by atoms with Gasteiger partial charge in [-0.2, -0.15) is 5.10 Å². The molecule has 0 aromatic carbocycles. The summed E-state index contributed by atoms with van der Waals surface area (Å²) in [6, 6.07) is 0.647. The van der Waals surface area contributed by atoms with Gasteiger partial charge in [0.25, 0.3) is 0 Å². The van der Waals surface area contributed by atoms with E-state index in [2.05, 4.69) is 35.4 Å². The quantitative estimate of drug-likeness (QED) is 0.823. The van der Waals surface area contributed by atoms with E-state index in [1.165, 1.54) is 5.56 Å². The standard InChI is InChI=1S/C12H22N4/c1-10(2)12-7-13-4-5-16(12)9-11-6-14-15(3)8-11/h6,8,10,12-13H,4-5,7,9H2,1-3H3. The molecular formula is C12H22N4. The molecule has 1 saturated heterocycles. The van der Waals surface area contributed by atoms with Gasteiger partial charge in [0, 0.05) is 51.0 Å². The van der Waals surface area contributed by atoms with Crippen LogP contribution in [0.1, 0.15) is 19.4 Å². The summed E-state index contributed by atoms with van der Waals surface area (Å²) >= 11 is 0. The highest BCUT2D eigenvalue weighted by atomic mass is 15.3. The van der Waals surface area contributed by atoms with Crippen molar-refractivity contribution in [1.29, 1.82) is 0 Å². The van der Waals surface area contributed by atoms with Gasteiger partial charge in [0.15, 0.2) is 0 Å². The maximum Gasteiger partial charge on any atom is 0.0534 e. The van der Waals surface area contributed by atoms with Crippen LogP contribution in [0.15, 0.2) is 12.4 Å². The van der Waals surface area contributed by atoms with Crippen LogP contribution in [0.2, 0.25) is 0 Å². The van der Waals surface area contributed by atoms with Crippen molar-refractivity contribution in [2.75, 3.05) is 19.6 Å². The van der Waals surface area contributed by atoms with Gasteiger partial charge in [0.2, 0.25) is 0 Å². The largest absolute Gasteiger partial charge is 0.314 e. The molecule has 1 unspecified atom stereocenters. The second kappa shape index (κ2) is 4.97. The summed E-state index contributed by atoms with van der Waals surface area (Å²) in [5, 5.41) is 7.70. The van der Waals surface area contributed by atoms with E-state index in [1.807, 2.05) is 17.9 Å². The highest BCUT2D eigenvalue weighted by Crippen LogP contribution is 2.15. The first-order valence-corrected chi connectivity index (χ1v) is 6.09. The first-order valence-electron chi connectivity index (χ1n) is 6.09. The Balaban J connectivity index is 2.01. The Bertz CT molecular complexity index is 332. The van der Waals surface area contributed by atoms with E-state index in [1.54, 1.807) is 0 Å². The molecular weight excluding hydrogens is 200 g/mol. The Labute approximate surface area is 97.6 Å². The summed E-state index contributed by atoms with van der Waals surface area (Å²) in [7, 11) is 1.97. The molecule has 2 rings (SSSR count). The molecule has 0 amide bonds. The summed E-state index contributed by atoms with van der Waals surface area (Å²) in [5.74, 6) is 0.699. The van der Waals surface area contributed by atoms with Crippen LogP contribution in [0.4, 0.5) is 0 Å². The molecule has 90 valence electrons. The lowest BCUT2D eigenvalue weighted by Crippen LogP contribution is -2.52. The third kappa shape index (κ3) is 2.62.